The molecule has 0 aliphatic rings. The van der Waals surface area contributed by atoms with E-state index in [-0.39, 0.29) is 41.1 Å². The summed E-state index contributed by atoms with van der Waals surface area (Å²) in [7, 11) is 0. The van der Waals surface area contributed by atoms with Crippen LogP contribution in [0, 0.1) is 14.9 Å². The van der Waals surface area contributed by atoms with Gasteiger partial charge in [0.15, 0.2) is 0 Å². The van der Waals surface area contributed by atoms with Gasteiger partial charge in [0.25, 0.3) is 0 Å². The molecule has 0 bridgehead atoms. The van der Waals surface area contributed by atoms with Crippen LogP contribution in [-0.2, 0) is 26.2 Å². The van der Waals surface area contributed by atoms with Crippen LogP contribution >= 0.6 is 0 Å². The third-order valence-electron chi connectivity index (χ3n) is 3.72. The van der Waals surface area contributed by atoms with Gasteiger partial charge in [0.1, 0.15) is 0 Å². The van der Waals surface area contributed by atoms with Gasteiger partial charge in [-0.15, -0.1) is 34.5 Å². The van der Waals surface area contributed by atoms with Crippen LogP contribution in [-0.4, -0.2) is 0 Å². The van der Waals surface area contributed by atoms with Crippen LogP contribution in [0.15, 0.2) is 78.9 Å². The number of fused-ring (bicyclic) bond motifs is 2. The Kier molecular flexibility index (Phi) is 6.38. The predicted molar refractivity (Wildman–Crippen MR) is 95.3 cm³/mol. The van der Waals surface area contributed by atoms with Crippen LogP contribution in [0.4, 0.5) is 0 Å². The van der Waals surface area contributed by atoms with Crippen LogP contribution in [0.25, 0.3) is 32.7 Å². The number of hydrogen-bond acceptors (Lipinski definition) is 0. The molecule has 4 aromatic rings. The summed E-state index contributed by atoms with van der Waals surface area (Å²) in [5.41, 5.74) is 2.62. The molecule has 0 saturated heterocycles. The van der Waals surface area contributed by atoms with Crippen LogP contribution in [0.2, 0.25) is 0 Å². The summed E-state index contributed by atoms with van der Waals surface area (Å²) in [5.74, 6) is 0. The molecular weight excluding hydrogens is 343 g/mol. The second kappa shape index (κ2) is 7.61. The molecule has 0 spiro atoms. The fourth-order valence-corrected chi connectivity index (χ4v) is 2.78. The van der Waals surface area contributed by atoms with Crippen molar-refractivity contribution in [2.75, 3.05) is 0 Å². The molecule has 1 heteroatoms. The Balaban J connectivity index is 0.000000807. The minimum absolute atomic E-state index is 0. The molecule has 0 saturated carbocycles. The quantitative estimate of drug-likeness (QED) is 0.350. The van der Waals surface area contributed by atoms with E-state index in [1.165, 1.54) is 32.7 Å². The summed E-state index contributed by atoms with van der Waals surface area (Å²) in [5, 5.41) is 5.24. The van der Waals surface area contributed by atoms with E-state index in [1.807, 2.05) is 0 Å². The van der Waals surface area contributed by atoms with Crippen LogP contribution < -0.4 is 0 Å². The summed E-state index contributed by atoms with van der Waals surface area (Å²) in [6.07, 6.45) is 0. The zero-order chi connectivity index (χ0) is 12.7. The van der Waals surface area contributed by atoms with Crippen molar-refractivity contribution < 1.29 is 26.2 Å². The molecular formula is C21H19Zr. The molecule has 0 N–H and O–H groups in total. The molecule has 0 atom stereocenters. The van der Waals surface area contributed by atoms with Crippen molar-refractivity contribution >= 4 is 21.5 Å². The summed E-state index contributed by atoms with van der Waals surface area (Å²) in [6.45, 7) is 0. The average Bonchev–Trinajstić information content (AvgIpc) is 2.90. The summed E-state index contributed by atoms with van der Waals surface area (Å²) in [4.78, 5) is 0. The number of hydrogen-bond donors (Lipinski definition) is 0. The average molecular weight is 363 g/mol. The van der Waals surface area contributed by atoms with Gasteiger partial charge in [0.2, 0.25) is 0 Å². The Morgan fingerprint density at radius 3 is 2.05 bits per heavy atom. The van der Waals surface area contributed by atoms with E-state index >= 15 is 0 Å². The Morgan fingerprint density at radius 1 is 0.636 bits per heavy atom. The Morgan fingerprint density at radius 2 is 1.27 bits per heavy atom. The first kappa shape index (κ1) is 18.5. The van der Waals surface area contributed by atoms with E-state index in [0.717, 1.165) is 0 Å². The maximum atomic E-state index is 2.27. The summed E-state index contributed by atoms with van der Waals surface area (Å²) >= 11 is 0. The minimum atomic E-state index is 0. The predicted octanol–water partition coefficient (Wildman–Crippen LogP) is 6.28. The Labute approximate surface area is 152 Å². The molecule has 0 unspecified atom stereocenters. The van der Waals surface area contributed by atoms with Crippen molar-refractivity contribution in [2.24, 2.45) is 0 Å². The Hall–Kier alpha value is -1.59. The van der Waals surface area contributed by atoms with E-state index in [0.29, 0.717) is 0 Å². The Bertz CT molecular complexity index is 833. The molecule has 0 amide bonds. The van der Waals surface area contributed by atoms with Crippen molar-refractivity contribution in [3.63, 3.8) is 0 Å². The molecule has 22 heavy (non-hydrogen) atoms. The smallest absolute Gasteiger partial charge is 0.358 e. The third kappa shape index (κ3) is 3.10. The van der Waals surface area contributed by atoms with Crippen molar-refractivity contribution in [1.29, 1.82) is 0 Å². The van der Waals surface area contributed by atoms with Crippen LogP contribution in [0.1, 0.15) is 0 Å². The van der Waals surface area contributed by atoms with Gasteiger partial charge in [0, 0.05) is 0 Å². The van der Waals surface area contributed by atoms with Gasteiger partial charge in [0.05, 0.1) is 0 Å². The van der Waals surface area contributed by atoms with Gasteiger partial charge < -0.3 is 14.9 Å². The molecule has 0 aliphatic heterocycles. The zero-order valence-corrected chi connectivity index (χ0v) is 15.5. The standard InChI is InChI=1S/C19H13.2CH3.Zr/c1-2-8-16-13-17(12-15(16)7-1)19-11-5-9-14-6-3-4-10-18(14)19;;;/h1-13H;2*1H3;/q3*-1;+3. The molecule has 4 rings (SSSR count). The molecule has 0 aromatic heterocycles. The molecule has 4 aromatic carbocycles. The molecule has 1 radical (unpaired) electrons. The van der Waals surface area contributed by atoms with E-state index in [2.05, 4.69) is 78.9 Å². The SMILES string of the molecule is [CH3-].[CH3-].[Zr+3].c1ccc2[cH-]c(-c3cccc4ccccc34)cc2c1. The van der Waals surface area contributed by atoms with Gasteiger partial charge in [-0.3, -0.25) is 0 Å². The van der Waals surface area contributed by atoms with Gasteiger partial charge >= 0.3 is 26.2 Å². The van der Waals surface area contributed by atoms with Gasteiger partial charge in [-0.2, -0.15) is 0 Å². The molecule has 0 fully saturated rings. The number of rotatable bonds is 1. The van der Waals surface area contributed by atoms with Crippen molar-refractivity contribution in [2.45, 2.75) is 0 Å². The fraction of sp³-hybridized carbons (Fsp3) is 0. The topological polar surface area (TPSA) is 0 Å². The third-order valence-corrected chi connectivity index (χ3v) is 3.72. The molecule has 0 heterocycles. The van der Waals surface area contributed by atoms with E-state index in [9.17, 15) is 0 Å². The minimum Gasteiger partial charge on any atom is -0.358 e. The fourth-order valence-electron chi connectivity index (χ4n) is 2.78. The molecule has 107 valence electrons. The first-order valence-electron chi connectivity index (χ1n) is 6.55. The van der Waals surface area contributed by atoms with Crippen molar-refractivity contribution in [3.05, 3.63) is 93.7 Å². The molecule has 0 nitrogen and oxygen atoms in total. The monoisotopic (exact) mass is 361 g/mol. The van der Waals surface area contributed by atoms with Crippen molar-refractivity contribution in [1.82, 2.24) is 0 Å². The van der Waals surface area contributed by atoms with Gasteiger partial charge in [-0.1, -0.05) is 66.2 Å². The summed E-state index contributed by atoms with van der Waals surface area (Å²) in [6, 6.07) is 28.1. The van der Waals surface area contributed by atoms with Crippen LogP contribution in [0.3, 0.4) is 0 Å². The first-order chi connectivity index (χ1) is 9.42. The van der Waals surface area contributed by atoms with E-state index in [1.54, 1.807) is 0 Å². The zero-order valence-electron chi connectivity index (χ0n) is 13.0. The van der Waals surface area contributed by atoms with E-state index < -0.39 is 0 Å². The normalized spacial score (nSPS) is 9.64. The summed E-state index contributed by atoms with van der Waals surface area (Å²) < 4.78 is 0. The van der Waals surface area contributed by atoms with Crippen molar-refractivity contribution in [3.8, 4) is 11.1 Å². The van der Waals surface area contributed by atoms with Crippen LogP contribution in [0.5, 0.6) is 0 Å². The maximum absolute atomic E-state index is 2.27. The second-order valence-corrected chi connectivity index (χ2v) is 4.90. The van der Waals surface area contributed by atoms with Gasteiger partial charge in [-0.25, -0.2) is 0 Å². The first-order valence-corrected chi connectivity index (χ1v) is 6.55. The molecule has 0 aliphatic carbocycles. The largest absolute Gasteiger partial charge is 3.00 e. The second-order valence-electron chi connectivity index (χ2n) is 4.90. The number of benzene rings is 3. The van der Waals surface area contributed by atoms with Gasteiger partial charge in [-0.05, 0) is 10.8 Å². The maximum Gasteiger partial charge on any atom is 3.00 e. The van der Waals surface area contributed by atoms with E-state index in [4.69, 9.17) is 0 Å².